The van der Waals surface area contributed by atoms with Crippen molar-refractivity contribution < 1.29 is 14.3 Å². The van der Waals surface area contributed by atoms with E-state index in [4.69, 9.17) is 4.74 Å². The summed E-state index contributed by atoms with van der Waals surface area (Å²) in [6, 6.07) is 14.1. The smallest absolute Gasteiger partial charge is 0.338 e. The van der Waals surface area contributed by atoms with E-state index >= 15 is 0 Å². The molecule has 0 radical (unpaired) electrons. The van der Waals surface area contributed by atoms with E-state index < -0.39 is 5.97 Å². The summed E-state index contributed by atoms with van der Waals surface area (Å²) in [5, 5.41) is 2.67. The third kappa shape index (κ3) is 5.13. The Labute approximate surface area is 144 Å². The number of carbonyl (C=O) groups excluding carboxylic acids is 2. The highest BCUT2D eigenvalue weighted by atomic mass is 127. The fourth-order valence-electron chi connectivity index (χ4n) is 1.56. The summed E-state index contributed by atoms with van der Waals surface area (Å²) >= 11 is 5.44. The third-order valence-corrected chi connectivity index (χ3v) is 3.72. The average Bonchev–Trinajstić information content (AvgIpc) is 2.45. The van der Waals surface area contributed by atoms with Gasteiger partial charge in [-0.2, -0.15) is 0 Å². The number of hydrogen-bond donors (Lipinski definition) is 1. The maximum absolute atomic E-state index is 11.7. The summed E-state index contributed by atoms with van der Waals surface area (Å²) in [5.41, 5.74) is 1.08. The molecule has 1 N–H and O–H groups in total. The fourth-order valence-corrected chi connectivity index (χ4v) is 2.37. The molecule has 0 aliphatic heterocycles. The summed E-state index contributed by atoms with van der Waals surface area (Å²) in [6.45, 7) is -0.319. The minimum atomic E-state index is -0.528. The van der Waals surface area contributed by atoms with Crippen molar-refractivity contribution in [2.24, 2.45) is 0 Å². The molecule has 0 saturated heterocycles. The third-order valence-electron chi connectivity index (χ3n) is 2.52. The van der Waals surface area contributed by atoms with Gasteiger partial charge in [-0.05, 0) is 65.1 Å². The van der Waals surface area contributed by atoms with Crippen molar-refractivity contribution in [1.82, 2.24) is 0 Å². The number of nitrogens with one attached hydrogen (secondary N) is 1. The van der Waals surface area contributed by atoms with Crippen LogP contribution in [0.15, 0.2) is 53.0 Å². The normalized spacial score (nSPS) is 10.0. The van der Waals surface area contributed by atoms with Crippen LogP contribution in [0, 0.1) is 3.57 Å². The minimum absolute atomic E-state index is 0.319. The van der Waals surface area contributed by atoms with E-state index in [0.717, 1.165) is 8.04 Å². The molecule has 6 heteroatoms. The number of anilines is 1. The molecule has 1 amide bonds. The Bertz CT molecular complexity index is 658. The first-order valence-corrected chi connectivity index (χ1v) is 7.90. The van der Waals surface area contributed by atoms with Gasteiger partial charge < -0.3 is 10.1 Å². The topological polar surface area (TPSA) is 55.4 Å². The van der Waals surface area contributed by atoms with Gasteiger partial charge in [0.25, 0.3) is 5.91 Å². The molecule has 0 heterocycles. The zero-order chi connectivity index (χ0) is 15.2. The molecule has 0 aliphatic rings. The number of hydrogen-bond acceptors (Lipinski definition) is 3. The summed E-state index contributed by atoms with van der Waals surface area (Å²) < 4.78 is 6.85. The molecule has 2 aromatic rings. The number of esters is 1. The molecular formula is C15H11BrINO3. The molecule has 4 nitrogen and oxygen atoms in total. The molecule has 2 rings (SSSR count). The molecule has 0 aromatic heterocycles. The van der Waals surface area contributed by atoms with Gasteiger partial charge in [-0.25, -0.2) is 4.79 Å². The Morgan fingerprint density at radius 1 is 1.14 bits per heavy atom. The van der Waals surface area contributed by atoms with Crippen LogP contribution in [0.1, 0.15) is 10.4 Å². The van der Waals surface area contributed by atoms with Crippen molar-refractivity contribution >= 4 is 56.1 Å². The monoisotopic (exact) mass is 459 g/mol. The van der Waals surface area contributed by atoms with Crippen LogP contribution in [-0.2, 0) is 9.53 Å². The second kappa shape index (κ2) is 7.56. The van der Waals surface area contributed by atoms with E-state index in [9.17, 15) is 9.59 Å². The van der Waals surface area contributed by atoms with Crippen molar-refractivity contribution in [2.75, 3.05) is 11.9 Å². The predicted molar refractivity (Wildman–Crippen MR) is 92.2 cm³/mol. The maximum atomic E-state index is 11.7. The molecule has 0 atom stereocenters. The van der Waals surface area contributed by atoms with E-state index in [-0.39, 0.29) is 12.5 Å². The van der Waals surface area contributed by atoms with E-state index in [1.54, 1.807) is 30.3 Å². The summed E-state index contributed by atoms with van der Waals surface area (Å²) in [7, 11) is 0. The first-order valence-electron chi connectivity index (χ1n) is 6.03. The zero-order valence-electron chi connectivity index (χ0n) is 10.8. The lowest BCUT2D eigenvalue weighted by molar-refractivity contribution is -0.119. The van der Waals surface area contributed by atoms with Crippen LogP contribution in [0.2, 0.25) is 0 Å². The van der Waals surface area contributed by atoms with Gasteiger partial charge in [0.2, 0.25) is 0 Å². The highest BCUT2D eigenvalue weighted by Gasteiger charge is 2.10. The fraction of sp³-hybridized carbons (Fsp3) is 0.0667. The molecule has 21 heavy (non-hydrogen) atoms. The maximum Gasteiger partial charge on any atom is 0.338 e. The van der Waals surface area contributed by atoms with Crippen molar-refractivity contribution in [3.05, 3.63) is 62.1 Å². The van der Waals surface area contributed by atoms with Gasteiger partial charge in [0, 0.05) is 13.7 Å². The van der Waals surface area contributed by atoms with Gasteiger partial charge >= 0.3 is 5.97 Å². The number of rotatable bonds is 4. The van der Waals surface area contributed by atoms with Crippen molar-refractivity contribution in [3.8, 4) is 0 Å². The van der Waals surface area contributed by atoms with E-state index in [0.29, 0.717) is 11.3 Å². The second-order valence-corrected chi connectivity index (χ2v) is 6.30. The van der Waals surface area contributed by atoms with Crippen LogP contribution >= 0.6 is 38.5 Å². The molecule has 0 spiro atoms. The number of amides is 1. The Kier molecular flexibility index (Phi) is 5.75. The second-order valence-electron chi connectivity index (χ2n) is 4.14. The SMILES string of the molecule is O=C(COC(=O)c1ccc(Br)cc1)Nc1cccc(I)c1. The molecule has 2 aromatic carbocycles. The van der Waals surface area contributed by atoms with Crippen LogP contribution < -0.4 is 5.32 Å². The molecule has 108 valence electrons. The largest absolute Gasteiger partial charge is 0.452 e. The minimum Gasteiger partial charge on any atom is -0.452 e. The van der Waals surface area contributed by atoms with Crippen molar-refractivity contribution in [2.45, 2.75) is 0 Å². The van der Waals surface area contributed by atoms with Gasteiger partial charge in [-0.15, -0.1) is 0 Å². The van der Waals surface area contributed by atoms with E-state index in [1.807, 2.05) is 18.2 Å². The standard InChI is InChI=1S/C15H11BrINO3/c16-11-6-4-10(5-7-11)15(20)21-9-14(19)18-13-3-1-2-12(17)8-13/h1-8H,9H2,(H,18,19). The van der Waals surface area contributed by atoms with Gasteiger partial charge in [0.1, 0.15) is 0 Å². The summed E-state index contributed by atoms with van der Waals surface area (Å²) in [6.07, 6.45) is 0. The molecule has 0 fully saturated rings. The van der Waals surface area contributed by atoms with E-state index in [1.165, 1.54) is 0 Å². The lowest BCUT2D eigenvalue weighted by atomic mass is 10.2. The Morgan fingerprint density at radius 3 is 2.52 bits per heavy atom. The van der Waals surface area contributed by atoms with Gasteiger partial charge in [0.15, 0.2) is 6.61 Å². The molecule has 0 unspecified atom stereocenters. The van der Waals surface area contributed by atoms with Crippen molar-refractivity contribution in [3.63, 3.8) is 0 Å². The van der Waals surface area contributed by atoms with Crippen LogP contribution in [0.25, 0.3) is 0 Å². The Morgan fingerprint density at radius 2 is 1.86 bits per heavy atom. The summed E-state index contributed by atoms with van der Waals surface area (Å²) in [5.74, 6) is -0.900. The predicted octanol–water partition coefficient (Wildman–Crippen LogP) is 3.85. The van der Waals surface area contributed by atoms with E-state index in [2.05, 4.69) is 43.8 Å². The lowest BCUT2D eigenvalue weighted by Crippen LogP contribution is -2.20. The van der Waals surface area contributed by atoms with Crippen LogP contribution in [0.4, 0.5) is 5.69 Å². The Balaban J connectivity index is 1.86. The van der Waals surface area contributed by atoms with Gasteiger partial charge in [-0.1, -0.05) is 22.0 Å². The Hall–Kier alpha value is -1.41. The van der Waals surface area contributed by atoms with Gasteiger partial charge in [0.05, 0.1) is 5.56 Å². The molecule has 0 aliphatic carbocycles. The quantitative estimate of drug-likeness (QED) is 0.558. The van der Waals surface area contributed by atoms with Crippen LogP contribution in [0.5, 0.6) is 0 Å². The number of benzene rings is 2. The highest BCUT2D eigenvalue weighted by Crippen LogP contribution is 2.13. The first kappa shape index (κ1) is 16.0. The highest BCUT2D eigenvalue weighted by molar-refractivity contribution is 14.1. The number of halogens is 2. The molecular weight excluding hydrogens is 449 g/mol. The van der Waals surface area contributed by atoms with Crippen LogP contribution in [-0.4, -0.2) is 18.5 Å². The lowest BCUT2D eigenvalue weighted by Gasteiger charge is -2.07. The molecule has 0 saturated carbocycles. The van der Waals surface area contributed by atoms with Gasteiger partial charge in [-0.3, -0.25) is 4.79 Å². The van der Waals surface area contributed by atoms with Crippen LogP contribution in [0.3, 0.4) is 0 Å². The first-order chi connectivity index (χ1) is 10.0. The number of ether oxygens (including phenoxy) is 1. The molecule has 0 bridgehead atoms. The number of carbonyl (C=O) groups is 2. The van der Waals surface area contributed by atoms with Crippen molar-refractivity contribution in [1.29, 1.82) is 0 Å². The summed E-state index contributed by atoms with van der Waals surface area (Å²) in [4.78, 5) is 23.5. The average molecular weight is 460 g/mol. The zero-order valence-corrected chi connectivity index (χ0v) is 14.6.